The first-order valence-corrected chi connectivity index (χ1v) is 9.58. The molecule has 0 amide bonds. The first-order chi connectivity index (χ1) is 14.6. The van der Waals surface area contributed by atoms with Crippen LogP contribution in [0.25, 0.3) is 0 Å². The van der Waals surface area contributed by atoms with Gasteiger partial charge in [-0.3, -0.25) is 4.79 Å². The Kier molecular flexibility index (Phi) is 9.66. The lowest BCUT2D eigenvalue weighted by atomic mass is 9.96. The van der Waals surface area contributed by atoms with Crippen molar-refractivity contribution < 1.29 is 64.0 Å². The number of carbonyl (C=O) groups is 2. The van der Waals surface area contributed by atoms with Crippen molar-refractivity contribution in [1.29, 1.82) is 0 Å². The van der Waals surface area contributed by atoms with Crippen molar-refractivity contribution in [2.45, 2.75) is 81.3 Å². The molecule has 2 heterocycles. The second-order valence-corrected chi connectivity index (χ2v) is 7.23. The highest BCUT2D eigenvalue weighted by molar-refractivity contribution is 5.65. The Morgan fingerprint density at radius 3 is 2.29 bits per heavy atom. The van der Waals surface area contributed by atoms with E-state index in [1.54, 1.807) is 0 Å². The molecular formula is C17H29NO13. The minimum absolute atomic E-state index is 0.298. The zero-order valence-electron chi connectivity index (χ0n) is 16.9. The molecule has 0 bridgehead atoms. The van der Waals surface area contributed by atoms with Gasteiger partial charge in [0.15, 0.2) is 18.9 Å². The summed E-state index contributed by atoms with van der Waals surface area (Å²) >= 11 is 0. The van der Waals surface area contributed by atoms with Crippen molar-refractivity contribution >= 4 is 12.3 Å². The second-order valence-electron chi connectivity index (χ2n) is 7.23. The van der Waals surface area contributed by atoms with Gasteiger partial charge < -0.3 is 59.2 Å². The van der Waals surface area contributed by atoms with Gasteiger partial charge in [0.05, 0.1) is 19.3 Å². The quantitative estimate of drug-likeness (QED) is 0.129. The van der Waals surface area contributed by atoms with Crippen molar-refractivity contribution in [2.75, 3.05) is 13.2 Å². The highest BCUT2D eigenvalue weighted by Crippen LogP contribution is 2.30. The molecular weight excluding hydrogens is 426 g/mol. The van der Waals surface area contributed by atoms with Gasteiger partial charge in [0.25, 0.3) is 0 Å². The Bertz CT molecular complexity index is 594. The number of hydrogen-bond acceptors (Lipinski definition) is 14. The fourth-order valence-electron chi connectivity index (χ4n) is 3.18. The number of ether oxygens (including phenoxy) is 4. The normalized spacial score (nSPS) is 42.1. The van der Waals surface area contributed by atoms with Crippen LogP contribution in [0.5, 0.6) is 0 Å². The third-order valence-electron chi connectivity index (χ3n) is 4.94. The van der Waals surface area contributed by atoms with Crippen LogP contribution in [-0.2, 0) is 33.4 Å². The van der Waals surface area contributed by atoms with E-state index < -0.39 is 86.6 Å². The molecule has 2 aliphatic heterocycles. The smallest absolute Gasteiger partial charge is 0.321 e. The maximum absolute atomic E-state index is 11.1. The number of aldehydes is 1. The van der Waals surface area contributed by atoms with Gasteiger partial charge in [0.1, 0.15) is 48.8 Å². The predicted molar refractivity (Wildman–Crippen MR) is 95.7 cm³/mol. The summed E-state index contributed by atoms with van der Waals surface area (Å²) in [6.45, 7) is 1.09. The summed E-state index contributed by atoms with van der Waals surface area (Å²) in [5, 5.41) is 59.7. The largest absolute Gasteiger partial charge is 0.394 e. The lowest BCUT2D eigenvalue weighted by Gasteiger charge is -2.46. The van der Waals surface area contributed by atoms with Gasteiger partial charge in [-0.1, -0.05) is 0 Å². The Hall–Kier alpha value is -1.30. The minimum atomic E-state index is -1.65. The van der Waals surface area contributed by atoms with Crippen LogP contribution in [0.2, 0.25) is 0 Å². The standard InChI is InChI=1S/C17H29NO13/c1-6-11(23)14(26)15(17(27-6)28-8(3-19)4-20)30-16-10(18-31-7(2)22)13(25)12(24)9(5-21)29-16/h3,6,8-18,20-21,23-26H,4-5H2,1-2H3/t6-,8+,9+,10+,11-,12+,13+,14+,15+,16+,17-/m0/s1. The van der Waals surface area contributed by atoms with Gasteiger partial charge in [-0.2, -0.15) is 0 Å². The summed E-state index contributed by atoms with van der Waals surface area (Å²) in [7, 11) is 0. The molecule has 11 atom stereocenters. The number of carbonyl (C=O) groups excluding carboxylic acids is 2. The van der Waals surface area contributed by atoms with Crippen molar-refractivity contribution in [1.82, 2.24) is 5.48 Å². The zero-order valence-corrected chi connectivity index (χ0v) is 16.9. The van der Waals surface area contributed by atoms with Gasteiger partial charge in [-0.05, 0) is 6.92 Å². The molecule has 14 nitrogen and oxygen atoms in total. The minimum Gasteiger partial charge on any atom is -0.394 e. The molecule has 0 aromatic rings. The average molecular weight is 455 g/mol. The fourth-order valence-corrected chi connectivity index (χ4v) is 3.18. The van der Waals surface area contributed by atoms with Crippen molar-refractivity contribution in [2.24, 2.45) is 0 Å². The molecule has 2 fully saturated rings. The van der Waals surface area contributed by atoms with Crippen molar-refractivity contribution in [3.8, 4) is 0 Å². The van der Waals surface area contributed by atoms with E-state index in [1.165, 1.54) is 6.92 Å². The summed E-state index contributed by atoms with van der Waals surface area (Å²) in [4.78, 5) is 26.8. The molecule has 0 aromatic heterocycles. The first-order valence-electron chi connectivity index (χ1n) is 9.58. The van der Waals surface area contributed by atoms with E-state index in [0.29, 0.717) is 6.29 Å². The molecule has 7 N–H and O–H groups in total. The topological polar surface area (TPSA) is 214 Å². The van der Waals surface area contributed by atoms with E-state index in [4.69, 9.17) is 18.9 Å². The fraction of sp³-hybridized carbons (Fsp3) is 0.882. The molecule has 0 radical (unpaired) electrons. The van der Waals surface area contributed by atoms with Crippen LogP contribution in [0, 0.1) is 0 Å². The summed E-state index contributed by atoms with van der Waals surface area (Å²) < 4.78 is 21.8. The first kappa shape index (κ1) is 26.0. The molecule has 0 unspecified atom stereocenters. The van der Waals surface area contributed by atoms with Crippen molar-refractivity contribution in [3.05, 3.63) is 0 Å². The zero-order chi connectivity index (χ0) is 23.3. The summed E-state index contributed by atoms with van der Waals surface area (Å²) in [5.74, 6) is -0.784. The maximum Gasteiger partial charge on any atom is 0.321 e. The van der Waals surface area contributed by atoms with Crippen LogP contribution >= 0.6 is 0 Å². The number of aliphatic hydroxyl groups is 6. The van der Waals surface area contributed by atoms with Gasteiger partial charge in [-0.15, -0.1) is 5.48 Å². The van der Waals surface area contributed by atoms with E-state index >= 15 is 0 Å². The summed E-state index contributed by atoms with van der Waals surface area (Å²) in [5.41, 5.74) is 2.19. The molecule has 0 aliphatic carbocycles. The van der Waals surface area contributed by atoms with E-state index in [0.717, 1.165) is 6.92 Å². The molecule has 2 aliphatic rings. The van der Waals surface area contributed by atoms with Gasteiger partial charge in [-0.25, -0.2) is 0 Å². The second kappa shape index (κ2) is 11.5. The van der Waals surface area contributed by atoms with Crippen molar-refractivity contribution in [3.63, 3.8) is 0 Å². The molecule has 2 rings (SSSR count). The molecule has 180 valence electrons. The van der Waals surface area contributed by atoms with Crippen LogP contribution in [0.1, 0.15) is 13.8 Å². The Labute approximate surface area is 177 Å². The van der Waals surface area contributed by atoms with E-state index in [2.05, 4.69) is 10.3 Å². The lowest BCUT2D eigenvalue weighted by Crippen LogP contribution is -2.67. The molecule has 31 heavy (non-hydrogen) atoms. The number of aliphatic hydroxyl groups excluding tert-OH is 6. The molecule has 0 saturated carbocycles. The lowest BCUT2D eigenvalue weighted by molar-refractivity contribution is -0.359. The third-order valence-corrected chi connectivity index (χ3v) is 4.94. The number of hydroxylamine groups is 1. The number of nitrogens with one attached hydrogen (secondary N) is 1. The highest BCUT2D eigenvalue weighted by atomic mass is 16.8. The van der Waals surface area contributed by atoms with Crippen LogP contribution < -0.4 is 5.48 Å². The third kappa shape index (κ3) is 6.15. The van der Waals surface area contributed by atoms with E-state index in [-0.39, 0.29) is 0 Å². The molecule has 14 heteroatoms. The Balaban J connectivity index is 2.27. The van der Waals surface area contributed by atoms with Crippen LogP contribution in [-0.4, -0.2) is 124 Å². The van der Waals surface area contributed by atoms with Crippen LogP contribution in [0.15, 0.2) is 0 Å². The van der Waals surface area contributed by atoms with Gasteiger partial charge in [0.2, 0.25) is 0 Å². The predicted octanol–water partition coefficient (Wildman–Crippen LogP) is -4.71. The highest BCUT2D eigenvalue weighted by Gasteiger charge is 2.51. The SMILES string of the molecule is CC(=O)ON[C@H]1[C@@H](O[C@H]2[C@H](O[C@H](C=O)CO)O[C@@H](C)[C@H](O)[C@H]2O)O[C@H](CO)[C@@H](O)[C@@H]1O. The average Bonchev–Trinajstić information content (AvgIpc) is 2.74. The molecule has 2 saturated heterocycles. The summed E-state index contributed by atoms with van der Waals surface area (Å²) in [6.07, 6.45) is -14.1. The number of rotatable bonds is 9. The van der Waals surface area contributed by atoms with Crippen LogP contribution in [0.4, 0.5) is 0 Å². The van der Waals surface area contributed by atoms with E-state index in [9.17, 15) is 40.2 Å². The molecule has 0 aromatic carbocycles. The molecule has 0 spiro atoms. The Morgan fingerprint density at radius 2 is 1.74 bits per heavy atom. The van der Waals surface area contributed by atoms with E-state index in [1.807, 2.05) is 0 Å². The number of hydrogen-bond donors (Lipinski definition) is 7. The monoisotopic (exact) mass is 455 g/mol. The summed E-state index contributed by atoms with van der Waals surface area (Å²) in [6, 6.07) is -1.40. The maximum atomic E-state index is 11.1. The van der Waals surface area contributed by atoms with Crippen LogP contribution in [0.3, 0.4) is 0 Å². The van der Waals surface area contributed by atoms with Gasteiger partial charge >= 0.3 is 5.97 Å². The van der Waals surface area contributed by atoms with Gasteiger partial charge in [0, 0.05) is 6.92 Å². The Morgan fingerprint density at radius 1 is 1.06 bits per heavy atom.